The molecule has 0 amide bonds. The van der Waals surface area contributed by atoms with E-state index < -0.39 is 9.84 Å². The number of rotatable bonds is 3. The van der Waals surface area contributed by atoms with Gasteiger partial charge in [0.2, 0.25) is 0 Å². The van der Waals surface area contributed by atoms with Gasteiger partial charge < -0.3 is 0 Å². The summed E-state index contributed by atoms with van der Waals surface area (Å²) in [6.45, 7) is 0. The van der Waals surface area contributed by atoms with E-state index in [0.29, 0.717) is 18.7 Å². The fraction of sp³-hybridized carbons (Fsp3) is 0.750. The van der Waals surface area contributed by atoms with Crippen LogP contribution in [0.3, 0.4) is 0 Å². The Morgan fingerprint density at radius 2 is 2.40 bits per heavy atom. The van der Waals surface area contributed by atoms with Crippen molar-refractivity contribution in [1.82, 2.24) is 15.0 Å². The van der Waals surface area contributed by atoms with Crippen LogP contribution in [0.5, 0.6) is 0 Å². The minimum atomic E-state index is -2.86. The summed E-state index contributed by atoms with van der Waals surface area (Å²) < 4.78 is 24.2. The predicted molar refractivity (Wildman–Crippen MR) is 56.8 cm³/mol. The molecule has 0 radical (unpaired) electrons. The molecule has 1 aliphatic rings. The lowest BCUT2D eigenvalue weighted by Gasteiger charge is -2.05. The summed E-state index contributed by atoms with van der Waals surface area (Å²) >= 11 is 5.58. The summed E-state index contributed by atoms with van der Waals surface area (Å²) in [5.41, 5.74) is 0.814. The van der Waals surface area contributed by atoms with E-state index in [1.807, 2.05) is 0 Å². The van der Waals surface area contributed by atoms with Crippen LogP contribution in [-0.2, 0) is 16.3 Å². The molecule has 0 spiro atoms. The third-order valence-corrected chi connectivity index (χ3v) is 4.43. The van der Waals surface area contributed by atoms with E-state index in [-0.39, 0.29) is 17.5 Å². The van der Waals surface area contributed by atoms with Crippen LogP contribution >= 0.6 is 11.6 Å². The van der Waals surface area contributed by atoms with Gasteiger partial charge in [0.25, 0.3) is 0 Å². The highest BCUT2D eigenvalue weighted by atomic mass is 35.5. The summed E-state index contributed by atoms with van der Waals surface area (Å²) in [5.74, 6) is 0.931. The van der Waals surface area contributed by atoms with Gasteiger partial charge in [-0.15, -0.1) is 16.7 Å². The molecule has 0 saturated carbocycles. The van der Waals surface area contributed by atoms with Crippen molar-refractivity contribution < 1.29 is 8.42 Å². The Bertz CT molecular complexity index is 442. The van der Waals surface area contributed by atoms with Crippen molar-refractivity contribution in [3.8, 4) is 0 Å². The number of aromatic nitrogens is 3. The average Bonchev–Trinajstić information content (AvgIpc) is 2.73. The molecule has 2 rings (SSSR count). The standard InChI is InChI=1S/C8H12ClN3O2S/c9-3-1-7-5-12(11-10-7)8-2-4-15(13,14)6-8/h5,8H,1-4,6H2. The summed E-state index contributed by atoms with van der Waals surface area (Å²) in [6.07, 6.45) is 3.08. The molecule has 5 nitrogen and oxygen atoms in total. The van der Waals surface area contributed by atoms with E-state index in [9.17, 15) is 8.42 Å². The lowest BCUT2D eigenvalue weighted by atomic mass is 10.3. The topological polar surface area (TPSA) is 64.8 Å². The number of alkyl halides is 1. The minimum absolute atomic E-state index is 0.0495. The van der Waals surface area contributed by atoms with Crippen molar-refractivity contribution in [3.05, 3.63) is 11.9 Å². The molecule has 1 fully saturated rings. The van der Waals surface area contributed by atoms with Gasteiger partial charge in [0.05, 0.1) is 23.2 Å². The van der Waals surface area contributed by atoms with Gasteiger partial charge in [-0.05, 0) is 6.42 Å². The molecule has 1 aliphatic heterocycles. The molecule has 0 aromatic carbocycles. The first-order valence-corrected chi connectivity index (χ1v) is 7.13. The number of nitrogens with zero attached hydrogens (tertiary/aromatic N) is 3. The quantitative estimate of drug-likeness (QED) is 0.729. The fourth-order valence-corrected chi connectivity index (χ4v) is 3.58. The minimum Gasteiger partial charge on any atom is -0.248 e. The molecule has 1 aromatic heterocycles. The van der Waals surface area contributed by atoms with Gasteiger partial charge in [-0.3, -0.25) is 0 Å². The largest absolute Gasteiger partial charge is 0.248 e. The Kier molecular flexibility index (Phi) is 2.97. The van der Waals surface area contributed by atoms with E-state index in [1.165, 1.54) is 0 Å². The van der Waals surface area contributed by atoms with E-state index in [4.69, 9.17) is 11.6 Å². The van der Waals surface area contributed by atoms with E-state index in [0.717, 1.165) is 5.69 Å². The number of sulfone groups is 1. The van der Waals surface area contributed by atoms with E-state index >= 15 is 0 Å². The predicted octanol–water partition coefficient (Wildman–Crippen LogP) is 0.419. The maximum atomic E-state index is 11.3. The van der Waals surface area contributed by atoms with Crippen LogP contribution < -0.4 is 0 Å². The summed E-state index contributed by atoms with van der Waals surface area (Å²) in [6, 6.07) is -0.0495. The lowest BCUT2D eigenvalue weighted by Crippen LogP contribution is -2.11. The number of hydrogen-bond acceptors (Lipinski definition) is 4. The van der Waals surface area contributed by atoms with Crippen LogP contribution in [0.25, 0.3) is 0 Å². The van der Waals surface area contributed by atoms with Crippen LogP contribution in [0.4, 0.5) is 0 Å². The first-order valence-electron chi connectivity index (χ1n) is 4.78. The Hall–Kier alpha value is -0.620. The van der Waals surface area contributed by atoms with Gasteiger partial charge in [0.15, 0.2) is 9.84 Å². The third-order valence-electron chi connectivity index (χ3n) is 2.49. The summed E-state index contributed by atoms with van der Waals surface area (Å²) in [5, 5.41) is 7.86. The second kappa shape index (κ2) is 4.09. The maximum absolute atomic E-state index is 11.3. The molecule has 1 saturated heterocycles. The van der Waals surface area contributed by atoms with Crippen molar-refractivity contribution in [2.24, 2.45) is 0 Å². The van der Waals surface area contributed by atoms with Gasteiger partial charge in [0, 0.05) is 18.5 Å². The molecule has 1 aromatic rings. The number of halogens is 1. The van der Waals surface area contributed by atoms with Crippen LogP contribution in [0.2, 0.25) is 0 Å². The maximum Gasteiger partial charge on any atom is 0.152 e. The molecule has 0 aliphatic carbocycles. The highest BCUT2D eigenvalue weighted by Crippen LogP contribution is 2.22. The van der Waals surface area contributed by atoms with Crippen LogP contribution in [-0.4, -0.2) is 40.8 Å². The van der Waals surface area contributed by atoms with Crippen LogP contribution in [0.1, 0.15) is 18.2 Å². The molecule has 0 N–H and O–H groups in total. The molecule has 84 valence electrons. The van der Waals surface area contributed by atoms with Gasteiger partial charge in [-0.1, -0.05) is 5.21 Å². The number of hydrogen-bond donors (Lipinski definition) is 0. The van der Waals surface area contributed by atoms with Crippen LogP contribution in [0.15, 0.2) is 6.20 Å². The third kappa shape index (κ3) is 2.49. The average molecular weight is 250 g/mol. The van der Waals surface area contributed by atoms with Crippen molar-refractivity contribution in [1.29, 1.82) is 0 Å². The number of aryl methyl sites for hydroxylation is 1. The summed E-state index contributed by atoms with van der Waals surface area (Å²) in [7, 11) is -2.86. The van der Waals surface area contributed by atoms with Gasteiger partial charge in [-0.25, -0.2) is 13.1 Å². The SMILES string of the molecule is O=S1(=O)CCC(n2cc(CCCl)nn2)C1. The molecule has 15 heavy (non-hydrogen) atoms. The lowest BCUT2D eigenvalue weighted by molar-refractivity contribution is 0.484. The fourth-order valence-electron chi connectivity index (χ4n) is 1.69. The Morgan fingerprint density at radius 3 is 3.00 bits per heavy atom. The molecular weight excluding hydrogens is 238 g/mol. The zero-order chi connectivity index (χ0) is 10.9. The van der Waals surface area contributed by atoms with Gasteiger partial charge >= 0.3 is 0 Å². The van der Waals surface area contributed by atoms with Crippen molar-refractivity contribution in [3.63, 3.8) is 0 Å². The zero-order valence-corrected chi connectivity index (χ0v) is 9.71. The first kappa shape index (κ1) is 10.9. The van der Waals surface area contributed by atoms with E-state index in [2.05, 4.69) is 10.3 Å². The van der Waals surface area contributed by atoms with Crippen molar-refractivity contribution >= 4 is 21.4 Å². The first-order chi connectivity index (χ1) is 7.11. The van der Waals surface area contributed by atoms with Gasteiger partial charge in [0.1, 0.15) is 0 Å². The summed E-state index contributed by atoms with van der Waals surface area (Å²) in [4.78, 5) is 0. The molecule has 2 heterocycles. The highest BCUT2D eigenvalue weighted by Gasteiger charge is 2.29. The molecule has 7 heteroatoms. The molecular formula is C8H12ClN3O2S. The zero-order valence-electron chi connectivity index (χ0n) is 8.13. The molecule has 1 unspecified atom stereocenters. The molecule has 0 bridgehead atoms. The van der Waals surface area contributed by atoms with E-state index in [1.54, 1.807) is 10.9 Å². The Balaban J connectivity index is 2.10. The van der Waals surface area contributed by atoms with Crippen molar-refractivity contribution in [2.75, 3.05) is 17.4 Å². The smallest absolute Gasteiger partial charge is 0.152 e. The highest BCUT2D eigenvalue weighted by molar-refractivity contribution is 7.91. The molecule has 1 atom stereocenters. The van der Waals surface area contributed by atoms with Crippen LogP contribution in [0, 0.1) is 0 Å². The normalized spacial score (nSPS) is 24.5. The van der Waals surface area contributed by atoms with Crippen molar-refractivity contribution in [2.45, 2.75) is 18.9 Å². The van der Waals surface area contributed by atoms with Gasteiger partial charge in [-0.2, -0.15) is 0 Å². The Labute approximate surface area is 93.3 Å². The monoisotopic (exact) mass is 249 g/mol. The Morgan fingerprint density at radius 1 is 1.60 bits per heavy atom. The second-order valence-corrected chi connectivity index (χ2v) is 6.29. The second-order valence-electron chi connectivity index (χ2n) is 3.69.